The molecule has 1 N–H and O–H groups in total. The maximum atomic E-state index is 12.4. The summed E-state index contributed by atoms with van der Waals surface area (Å²) in [5, 5.41) is 12.5. The van der Waals surface area contributed by atoms with Gasteiger partial charge in [0.25, 0.3) is 5.91 Å². The first kappa shape index (κ1) is 19.2. The highest BCUT2D eigenvalue weighted by Gasteiger charge is 2.14. The Bertz CT molecular complexity index is 856. The van der Waals surface area contributed by atoms with Gasteiger partial charge >= 0.3 is 0 Å². The van der Waals surface area contributed by atoms with Crippen LogP contribution >= 0.6 is 35.0 Å². The Labute approximate surface area is 160 Å². The predicted molar refractivity (Wildman–Crippen MR) is 103 cm³/mol. The molecule has 0 spiro atoms. The Morgan fingerprint density at radius 2 is 1.96 bits per heavy atom. The van der Waals surface area contributed by atoms with Crippen molar-refractivity contribution in [3.05, 3.63) is 57.6 Å². The third-order valence-corrected chi connectivity index (χ3v) is 4.69. The molecule has 1 amide bonds. The normalized spacial score (nSPS) is 10.9. The largest absolute Gasteiger partial charge is 0.496 e. The average molecular weight is 393 g/mol. The summed E-state index contributed by atoms with van der Waals surface area (Å²) in [6, 6.07) is 12.2. The molecule has 0 aliphatic carbocycles. The summed E-state index contributed by atoms with van der Waals surface area (Å²) >= 11 is 13.6. The topological polar surface area (TPSA) is 62.1 Å². The molecule has 0 bridgehead atoms. The molecule has 0 saturated heterocycles. The second kappa shape index (κ2) is 8.82. The number of ether oxygens (including phenoxy) is 1. The van der Waals surface area contributed by atoms with E-state index in [4.69, 9.17) is 27.9 Å². The summed E-state index contributed by atoms with van der Waals surface area (Å²) in [7, 11) is 1.57. The number of nitrogens with zero attached hydrogens (tertiary/aromatic N) is 1. The van der Waals surface area contributed by atoms with E-state index in [1.54, 1.807) is 49.2 Å². The van der Waals surface area contributed by atoms with Gasteiger partial charge in [0.2, 0.25) is 0 Å². The quantitative estimate of drug-likeness (QED) is 0.427. The SMILES string of the molecule is COc1cc(/C=C(/C#N)C(=O)Nc2c(Cl)cccc2Cl)ccc1SC. The van der Waals surface area contributed by atoms with Gasteiger partial charge in [-0.05, 0) is 42.2 Å². The number of halogens is 2. The number of carbonyl (C=O) groups excluding carboxylic acids is 1. The van der Waals surface area contributed by atoms with Crippen LogP contribution in [0.4, 0.5) is 5.69 Å². The maximum absolute atomic E-state index is 12.4. The summed E-state index contributed by atoms with van der Waals surface area (Å²) in [5.41, 5.74) is 0.869. The van der Waals surface area contributed by atoms with Crippen molar-refractivity contribution < 1.29 is 9.53 Å². The van der Waals surface area contributed by atoms with Crippen molar-refractivity contribution in [2.24, 2.45) is 0 Å². The number of carbonyl (C=O) groups is 1. The van der Waals surface area contributed by atoms with Gasteiger partial charge in [0.05, 0.1) is 22.8 Å². The van der Waals surface area contributed by atoms with Gasteiger partial charge in [0.1, 0.15) is 17.4 Å². The van der Waals surface area contributed by atoms with Crippen LogP contribution in [0.25, 0.3) is 6.08 Å². The van der Waals surface area contributed by atoms with E-state index in [2.05, 4.69) is 5.32 Å². The van der Waals surface area contributed by atoms with Gasteiger partial charge in [-0.2, -0.15) is 5.26 Å². The molecule has 0 aliphatic heterocycles. The minimum absolute atomic E-state index is 0.0741. The number of nitriles is 1. The Kier molecular flexibility index (Phi) is 6.77. The molecule has 2 aromatic carbocycles. The molecular weight excluding hydrogens is 379 g/mol. The van der Waals surface area contributed by atoms with Crippen LogP contribution in [0.1, 0.15) is 5.56 Å². The monoisotopic (exact) mass is 392 g/mol. The van der Waals surface area contributed by atoms with Gasteiger partial charge in [0, 0.05) is 4.90 Å². The molecule has 0 fully saturated rings. The second-order valence-electron chi connectivity index (χ2n) is 4.84. The van der Waals surface area contributed by atoms with Crippen LogP contribution in [0.15, 0.2) is 46.9 Å². The molecule has 0 radical (unpaired) electrons. The van der Waals surface area contributed by atoms with Crippen molar-refractivity contribution in [1.29, 1.82) is 5.26 Å². The zero-order valence-electron chi connectivity index (χ0n) is 13.5. The first-order chi connectivity index (χ1) is 12.0. The molecular formula is C18H14Cl2N2O2S. The lowest BCUT2D eigenvalue weighted by Crippen LogP contribution is -2.14. The molecule has 0 aliphatic rings. The molecule has 4 nitrogen and oxygen atoms in total. The number of rotatable bonds is 5. The standard InChI is InChI=1S/C18H14Cl2N2O2S/c1-24-15-9-11(6-7-16(15)25-2)8-12(10-21)18(23)22-17-13(19)4-3-5-14(17)20/h3-9H,1-2H3,(H,22,23)/b12-8-. The molecule has 0 heterocycles. The smallest absolute Gasteiger partial charge is 0.266 e. The average Bonchev–Trinajstić information content (AvgIpc) is 2.62. The van der Waals surface area contributed by atoms with Crippen molar-refractivity contribution in [1.82, 2.24) is 0 Å². The summed E-state index contributed by atoms with van der Waals surface area (Å²) in [4.78, 5) is 13.3. The van der Waals surface area contributed by atoms with Crippen molar-refractivity contribution in [3.8, 4) is 11.8 Å². The third kappa shape index (κ3) is 4.70. The number of anilines is 1. The zero-order chi connectivity index (χ0) is 18.4. The highest BCUT2D eigenvalue weighted by atomic mass is 35.5. The van der Waals surface area contributed by atoms with E-state index in [-0.39, 0.29) is 11.3 Å². The van der Waals surface area contributed by atoms with Crippen LogP contribution in [0, 0.1) is 11.3 Å². The van der Waals surface area contributed by atoms with E-state index in [0.717, 1.165) is 4.90 Å². The number of hydrogen-bond donors (Lipinski definition) is 1. The minimum Gasteiger partial charge on any atom is -0.496 e. The van der Waals surface area contributed by atoms with E-state index in [0.29, 0.717) is 21.4 Å². The van der Waals surface area contributed by atoms with E-state index in [1.165, 1.54) is 6.08 Å². The van der Waals surface area contributed by atoms with Crippen molar-refractivity contribution in [2.45, 2.75) is 4.90 Å². The number of nitrogens with one attached hydrogen (secondary N) is 1. The molecule has 2 rings (SSSR count). The summed E-state index contributed by atoms with van der Waals surface area (Å²) in [6.07, 6.45) is 3.42. The Balaban J connectivity index is 2.31. The molecule has 0 atom stereocenters. The van der Waals surface area contributed by atoms with Crippen LogP contribution in [-0.2, 0) is 4.79 Å². The van der Waals surface area contributed by atoms with E-state index < -0.39 is 5.91 Å². The molecule has 128 valence electrons. The minimum atomic E-state index is -0.592. The summed E-state index contributed by atoms with van der Waals surface area (Å²) < 4.78 is 5.31. The number of para-hydroxylation sites is 1. The fraction of sp³-hybridized carbons (Fsp3) is 0.111. The lowest BCUT2D eigenvalue weighted by atomic mass is 10.1. The lowest BCUT2D eigenvalue weighted by molar-refractivity contribution is -0.112. The third-order valence-electron chi connectivity index (χ3n) is 3.28. The van der Waals surface area contributed by atoms with Crippen LogP contribution < -0.4 is 10.1 Å². The van der Waals surface area contributed by atoms with Crippen LogP contribution in [0.5, 0.6) is 5.75 Å². The van der Waals surface area contributed by atoms with Crippen molar-refractivity contribution >= 4 is 52.6 Å². The fourth-order valence-corrected chi connectivity index (χ4v) is 3.10. The highest BCUT2D eigenvalue weighted by Crippen LogP contribution is 2.31. The van der Waals surface area contributed by atoms with Gasteiger partial charge < -0.3 is 10.1 Å². The summed E-state index contributed by atoms with van der Waals surface area (Å²) in [6.45, 7) is 0. The number of hydrogen-bond acceptors (Lipinski definition) is 4. The zero-order valence-corrected chi connectivity index (χ0v) is 15.8. The van der Waals surface area contributed by atoms with E-state index in [9.17, 15) is 10.1 Å². The Hall–Kier alpha value is -2.13. The van der Waals surface area contributed by atoms with Gasteiger partial charge in [0.15, 0.2) is 0 Å². The number of methoxy groups -OCH3 is 1. The fourth-order valence-electron chi connectivity index (χ4n) is 2.06. The van der Waals surface area contributed by atoms with Crippen LogP contribution in [0.2, 0.25) is 10.0 Å². The van der Waals surface area contributed by atoms with Crippen molar-refractivity contribution in [3.63, 3.8) is 0 Å². The van der Waals surface area contributed by atoms with Gasteiger partial charge in [-0.3, -0.25) is 4.79 Å². The van der Waals surface area contributed by atoms with E-state index in [1.807, 2.05) is 18.4 Å². The molecule has 7 heteroatoms. The molecule has 0 aromatic heterocycles. The molecule has 2 aromatic rings. The van der Waals surface area contributed by atoms with Gasteiger partial charge in [-0.15, -0.1) is 11.8 Å². The Morgan fingerprint density at radius 1 is 1.28 bits per heavy atom. The van der Waals surface area contributed by atoms with Gasteiger partial charge in [-0.1, -0.05) is 35.3 Å². The second-order valence-corrected chi connectivity index (χ2v) is 6.50. The molecule has 0 saturated carbocycles. The van der Waals surface area contributed by atoms with E-state index >= 15 is 0 Å². The number of benzene rings is 2. The first-order valence-electron chi connectivity index (χ1n) is 7.09. The van der Waals surface area contributed by atoms with Crippen LogP contribution in [-0.4, -0.2) is 19.3 Å². The lowest BCUT2D eigenvalue weighted by Gasteiger charge is -2.09. The number of amides is 1. The first-order valence-corrected chi connectivity index (χ1v) is 9.07. The van der Waals surface area contributed by atoms with Gasteiger partial charge in [-0.25, -0.2) is 0 Å². The van der Waals surface area contributed by atoms with Crippen molar-refractivity contribution in [2.75, 3.05) is 18.7 Å². The summed E-state index contributed by atoms with van der Waals surface area (Å²) in [5.74, 6) is 0.0820. The molecule has 25 heavy (non-hydrogen) atoms. The number of thioether (sulfide) groups is 1. The highest BCUT2D eigenvalue weighted by molar-refractivity contribution is 7.98. The van der Waals surface area contributed by atoms with Crippen LogP contribution in [0.3, 0.4) is 0 Å². The predicted octanol–water partition coefficient (Wildman–Crippen LogP) is 5.27. The Morgan fingerprint density at radius 3 is 2.52 bits per heavy atom. The maximum Gasteiger partial charge on any atom is 0.266 e. The molecule has 0 unspecified atom stereocenters.